The number of allylic oxidation sites excluding steroid dienone is 2. The van der Waals surface area contributed by atoms with Crippen LogP contribution in [0.2, 0.25) is 0 Å². The standard InChI is InChI=1S/C56H55N3O20.CH4/c1-9-40(61)72-25-55(26-73-41(62)10-2,27-74-42(63)11-3)78-24-36(60)23-33-15-16-34(21-31(33)7)58-50(67)46-37-18-19-38(47(46)51(58)68)49-48(37)52(69)59(53(49)70)35-17-20-39(32(8)22-35)57-54(71)79-56(28-75-43(64)12-4,29-76-44(65)13-5)30-77-45(66)14-6;/h9-22,37-38,46-49H,1-6,23-30H2,7-8H3,(H,57,71);1H4. The number of imide groups is 2. The van der Waals surface area contributed by atoms with Crippen molar-refractivity contribution in [1.29, 1.82) is 0 Å². The summed E-state index contributed by atoms with van der Waals surface area (Å²) in [4.78, 5) is 159. The Kier molecular flexibility index (Phi) is 20.2. The summed E-state index contributed by atoms with van der Waals surface area (Å²) in [5.41, 5.74) is -2.23. The second kappa shape index (κ2) is 26.3. The Morgan fingerprint density at radius 1 is 0.512 bits per heavy atom. The number of amides is 5. The van der Waals surface area contributed by atoms with Crippen LogP contribution in [0, 0.1) is 49.4 Å². The largest absolute Gasteiger partial charge is 0.459 e. The number of carbonyl (C=O) groups excluding carboxylic acids is 12. The molecule has 2 heterocycles. The summed E-state index contributed by atoms with van der Waals surface area (Å²) in [7, 11) is 0. The van der Waals surface area contributed by atoms with E-state index in [-0.39, 0.29) is 30.9 Å². The van der Waals surface area contributed by atoms with Crippen LogP contribution < -0.4 is 15.1 Å². The van der Waals surface area contributed by atoms with Crippen LogP contribution in [-0.2, 0) is 97.1 Å². The molecule has 0 radical (unpaired) electrons. The van der Waals surface area contributed by atoms with Crippen molar-refractivity contribution in [2.75, 3.05) is 61.4 Å². The van der Waals surface area contributed by atoms with Crippen molar-refractivity contribution in [3.63, 3.8) is 0 Å². The zero-order valence-electron chi connectivity index (χ0n) is 43.0. The fourth-order valence-corrected chi connectivity index (χ4v) is 9.54. The van der Waals surface area contributed by atoms with Crippen molar-refractivity contribution in [2.45, 2.75) is 38.9 Å². The Balaban J connectivity index is 0.0000118. The number of benzene rings is 2. The number of ketones is 1. The van der Waals surface area contributed by atoms with Gasteiger partial charge < -0.3 is 37.9 Å². The van der Waals surface area contributed by atoms with E-state index in [2.05, 4.69) is 44.8 Å². The van der Waals surface area contributed by atoms with Gasteiger partial charge in [-0.1, -0.05) is 65.1 Å². The molecule has 0 spiro atoms. The van der Waals surface area contributed by atoms with Crippen LogP contribution in [0.4, 0.5) is 21.9 Å². The minimum atomic E-state index is -2.10. The van der Waals surface area contributed by atoms with Gasteiger partial charge in [-0.3, -0.25) is 39.1 Å². The maximum Gasteiger partial charge on any atom is 0.412 e. The van der Waals surface area contributed by atoms with Crippen LogP contribution >= 0.6 is 0 Å². The highest BCUT2D eigenvalue weighted by atomic mass is 16.6. The predicted octanol–water partition coefficient (Wildman–Crippen LogP) is 4.20. The number of nitrogens with one attached hydrogen (secondary N) is 1. The fraction of sp³-hybridized carbons (Fsp3) is 0.333. The van der Waals surface area contributed by atoms with Gasteiger partial charge in [0.2, 0.25) is 29.2 Å². The predicted molar refractivity (Wildman–Crippen MR) is 281 cm³/mol. The Hall–Kier alpha value is -9.38. The van der Waals surface area contributed by atoms with Gasteiger partial charge in [0.1, 0.15) is 46.2 Å². The van der Waals surface area contributed by atoms with Gasteiger partial charge in [-0.15, -0.1) is 0 Å². The topological polar surface area (TPSA) is 297 Å². The molecule has 23 heteroatoms. The summed E-state index contributed by atoms with van der Waals surface area (Å²) in [5.74, 6) is -14.1. The minimum Gasteiger partial charge on any atom is -0.459 e. The Bertz CT molecular complexity index is 2820. The molecule has 7 rings (SSSR count). The molecule has 6 atom stereocenters. The van der Waals surface area contributed by atoms with E-state index >= 15 is 0 Å². The number of Topliss-reactive ketones (excluding diaryl/α,β-unsaturated/α-hetero) is 1. The highest BCUT2D eigenvalue weighted by Crippen LogP contribution is 2.58. The van der Waals surface area contributed by atoms with E-state index in [0.29, 0.717) is 16.7 Å². The molecule has 2 saturated heterocycles. The van der Waals surface area contributed by atoms with E-state index in [1.54, 1.807) is 38.1 Å². The number of anilines is 3. The van der Waals surface area contributed by atoms with Crippen molar-refractivity contribution in [1.82, 2.24) is 0 Å². The van der Waals surface area contributed by atoms with E-state index in [1.807, 2.05) is 0 Å². The van der Waals surface area contributed by atoms with E-state index in [4.69, 9.17) is 37.9 Å². The quantitative estimate of drug-likeness (QED) is 0.0431. The summed E-state index contributed by atoms with van der Waals surface area (Å²) in [5, 5.41) is 2.50. The molecule has 2 bridgehead atoms. The summed E-state index contributed by atoms with van der Waals surface area (Å²) in [6.45, 7) is 18.2. The lowest BCUT2D eigenvalue weighted by Crippen LogP contribution is -2.50. The average Bonchev–Trinajstić information content (AvgIpc) is 4.11. The number of hydrogen-bond acceptors (Lipinski definition) is 20. The molecule has 3 aliphatic carbocycles. The normalized spacial score (nSPS) is 19.4. The Morgan fingerprint density at radius 2 is 0.850 bits per heavy atom. The Labute approximate surface area is 459 Å². The molecular formula is C57H59N3O20. The lowest BCUT2D eigenvalue weighted by Gasteiger charge is -2.44. The van der Waals surface area contributed by atoms with Crippen LogP contribution in [0.1, 0.15) is 24.1 Å². The van der Waals surface area contributed by atoms with Gasteiger partial charge in [-0.2, -0.15) is 0 Å². The molecule has 80 heavy (non-hydrogen) atoms. The van der Waals surface area contributed by atoms with Crippen LogP contribution in [-0.4, -0.2) is 129 Å². The number of ether oxygens (including phenoxy) is 8. The molecule has 2 aromatic rings. The minimum absolute atomic E-state index is 0. The van der Waals surface area contributed by atoms with Crippen molar-refractivity contribution >= 4 is 88.4 Å². The maximum atomic E-state index is 14.4. The van der Waals surface area contributed by atoms with E-state index in [0.717, 1.165) is 46.3 Å². The maximum absolute atomic E-state index is 14.4. The van der Waals surface area contributed by atoms with Gasteiger partial charge in [-0.05, 0) is 60.9 Å². The first-order valence-electron chi connectivity index (χ1n) is 24.1. The van der Waals surface area contributed by atoms with Gasteiger partial charge in [-0.25, -0.2) is 33.6 Å². The van der Waals surface area contributed by atoms with E-state index in [9.17, 15) is 57.5 Å². The molecular weight excluding hydrogens is 1050 g/mol. The third-order valence-corrected chi connectivity index (χ3v) is 13.4. The SMILES string of the molecule is C.C=CC(=O)OCC(COC(=O)C=C)(COC(=O)C=C)OCC(=O)Cc1ccc(N2C(=O)C3C4C=CC(C3C2=O)C2C(=O)N(c3ccc(NC(=O)OC(COC(=O)C=C)(COC(=O)C=C)COC(=O)C=C)c(C)c3)C(=O)C42)cc1C. The smallest absolute Gasteiger partial charge is 0.412 e. The third kappa shape index (κ3) is 13.5. The molecule has 2 aromatic carbocycles. The molecule has 1 N–H and O–H groups in total. The molecule has 2 aliphatic heterocycles. The van der Waals surface area contributed by atoms with Crippen molar-refractivity contribution in [3.05, 3.63) is 141 Å². The van der Waals surface area contributed by atoms with Crippen LogP contribution in [0.15, 0.2) is 124 Å². The molecule has 1 saturated carbocycles. The molecule has 6 unspecified atom stereocenters. The van der Waals surface area contributed by atoms with Crippen molar-refractivity contribution in [3.8, 4) is 0 Å². The van der Waals surface area contributed by atoms with Crippen LogP contribution in [0.25, 0.3) is 0 Å². The summed E-state index contributed by atoms with van der Waals surface area (Å²) < 4.78 is 42.1. The lowest BCUT2D eigenvalue weighted by atomic mass is 9.54. The number of nitrogens with zero attached hydrogens (tertiary/aromatic N) is 2. The molecule has 5 amide bonds. The summed E-state index contributed by atoms with van der Waals surface area (Å²) >= 11 is 0. The average molecular weight is 1110 g/mol. The number of aryl methyl sites for hydroxylation is 2. The van der Waals surface area contributed by atoms with Crippen LogP contribution in [0.3, 0.4) is 0 Å². The number of rotatable bonds is 27. The molecule has 5 aliphatic rings. The van der Waals surface area contributed by atoms with Crippen molar-refractivity contribution in [2.24, 2.45) is 35.5 Å². The van der Waals surface area contributed by atoms with Gasteiger partial charge >= 0.3 is 41.9 Å². The number of hydrogen-bond donors (Lipinski definition) is 1. The Morgan fingerprint density at radius 3 is 1.19 bits per heavy atom. The highest BCUT2D eigenvalue weighted by molar-refractivity contribution is 6.26. The fourth-order valence-electron chi connectivity index (χ4n) is 9.54. The second-order valence-corrected chi connectivity index (χ2v) is 18.5. The van der Waals surface area contributed by atoms with Gasteiger partial charge in [0.15, 0.2) is 11.4 Å². The molecule has 3 fully saturated rings. The van der Waals surface area contributed by atoms with Crippen molar-refractivity contribution < 1.29 is 95.4 Å². The number of carbonyl (C=O) groups is 12. The first kappa shape index (κ1) is 61.5. The van der Waals surface area contributed by atoms with Gasteiger partial charge in [0, 0.05) is 60.4 Å². The third-order valence-electron chi connectivity index (χ3n) is 13.4. The first-order chi connectivity index (χ1) is 37.6. The number of esters is 6. The second-order valence-electron chi connectivity index (χ2n) is 18.5. The van der Waals surface area contributed by atoms with E-state index < -0.39 is 164 Å². The van der Waals surface area contributed by atoms with Gasteiger partial charge in [0.25, 0.3) is 0 Å². The van der Waals surface area contributed by atoms with Crippen LogP contribution in [0.5, 0.6) is 0 Å². The molecule has 422 valence electrons. The zero-order valence-corrected chi connectivity index (χ0v) is 43.0. The lowest BCUT2D eigenvalue weighted by molar-refractivity contribution is -0.183. The first-order valence-corrected chi connectivity index (χ1v) is 24.1. The highest BCUT2D eigenvalue weighted by Gasteiger charge is 2.69. The summed E-state index contributed by atoms with van der Waals surface area (Å²) in [6, 6.07) is 8.80. The summed E-state index contributed by atoms with van der Waals surface area (Å²) in [6.07, 6.45) is 7.00. The van der Waals surface area contributed by atoms with E-state index in [1.165, 1.54) is 24.3 Å². The molecule has 0 aromatic heterocycles. The monoisotopic (exact) mass is 1110 g/mol. The van der Waals surface area contributed by atoms with Gasteiger partial charge in [0.05, 0.1) is 35.0 Å². The molecule has 23 nitrogen and oxygen atoms in total. The zero-order chi connectivity index (χ0) is 57.9.